The van der Waals surface area contributed by atoms with Gasteiger partial charge in [0.15, 0.2) is 5.76 Å². The highest BCUT2D eigenvalue weighted by atomic mass is 32.2. The first-order valence-corrected chi connectivity index (χ1v) is 10.2. The topological polar surface area (TPSA) is 92.5 Å². The minimum absolute atomic E-state index is 0.0152. The Balaban J connectivity index is 2.12. The van der Waals surface area contributed by atoms with E-state index in [0.29, 0.717) is 0 Å². The zero-order chi connectivity index (χ0) is 18.8. The van der Waals surface area contributed by atoms with Crippen molar-refractivity contribution in [1.82, 2.24) is 14.8 Å². The molecule has 0 unspecified atom stereocenters. The molecule has 138 valence electrons. The molecule has 2 heterocycles. The number of sulfonamides is 1. The molecule has 0 spiro atoms. The minimum atomic E-state index is -3.84. The second kappa shape index (κ2) is 7.67. The Labute approximate surface area is 152 Å². The van der Waals surface area contributed by atoms with Crippen LogP contribution in [0.25, 0.3) is 0 Å². The van der Waals surface area contributed by atoms with Gasteiger partial charge in [-0.1, -0.05) is 25.1 Å². The zero-order valence-electron chi connectivity index (χ0n) is 14.9. The Morgan fingerprint density at radius 2 is 2.08 bits per heavy atom. The van der Waals surface area contributed by atoms with Crippen molar-refractivity contribution in [1.29, 1.82) is 0 Å². The van der Waals surface area contributed by atoms with Crippen molar-refractivity contribution in [2.24, 2.45) is 5.92 Å². The van der Waals surface area contributed by atoms with Gasteiger partial charge in [0.25, 0.3) is 0 Å². The average molecular weight is 386 g/mol. The van der Waals surface area contributed by atoms with Gasteiger partial charge < -0.3 is 9.84 Å². The Hall–Kier alpha value is -1.71. The lowest BCUT2D eigenvalue weighted by Crippen LogP contribution is -2.41. The highest BCUT2D eigenvalue weighted by molar-refractivity contribution is 7.89. The lowest BCUT2D eigenvalue weighted by atomic mass is 10.0. The fourth-order valence-electron chi connectivity index (χ4n) is 2.54. The van der Waals surface area contributed by atoms with Crippen LogP contribution in [0.15, 0.2) is 26.9 Å². The van der Waals surface area contributed by atoms with Crippen molar-refractivity contribution in [2.45, 2.75) is 38.6 Å². The number of aryl methyl sites for hydroxylation is 2. The van der Waals surface area contributed by atoms with Crippen LogP contribution in [0, 0.1) is 19.8 Å². The number of nitrogens with zero attached hydrogens (tertiary/aromatic N) is 2. The molecule has 0 aliphatic rings. The van der Waals surface area contributed by atoms with Gasteiger partial charge in [-0.25, -0.2) is 8.42 Å². The molecular formula is C16H23N3O4S2. The molecule has 7 nitrogen and oxygen atoms in total. The van der Waals surface area contributed by atoms with Crippen molar-refractivity contribution >= 4 is 27.3 Å². The van der Waals surface area contributed by atoms with Gasteiger partial charge in [-0.2, -0.15) is 4.31 Å². The molecule has 0 bridgehead atoms. The van der Waals surface area contributed by atoms with Gasteiger partial charge in [0.2, 0.25) is 15.9 Å². The Morgan fingerprint density at radius 3 is 2.56 bits per heavy atom. The van der Waals surface area contributed by atoms with Gasteiger partial charge in [-0.15, -0.1) is 11.3 Å². The molecule has 0 saturated carbocycles. The molecule has 25 heavy (non-hydrogen) atoms. The number of thiophene rings is 1. The number of carbonyl (C=O) groups is 1. The number of aromatic nitrogens is 1. The molecule has 0 aromatic carbocycles. The number of hydrogen-bond donors (Lipinski definition) is 1. The van der Waals surface area contributed by atoms with Crippen LogP contribution in [-0.2, 0) is 14.8 Å². The highest BCUT2D eigenvalue weighted by Gasteiger charge is 2.30. The normalized spacial score (nSPS) is 13.4. The van der Waals surface area contributed by atoms with Crippen LogP contribution < -0.4 is 5.32 Å². The lowest BCUT2D eigenvalue weighted by Gasteiger charge is -2.23. The third-order valence-corrected chi connectivity index (χ3v) is 6.84. The van der Waals surface area contributed by atoms with Crippen molar-refractivity contribution in [3.8, 4) is 0 Å². The smallest absolute Gasteiger partial charge is 0.248 e. The van der Waals surface area contributed by atoms with Gasteiger partial charge in [-0.3, -0.25) is 4.79 Å². The lowest BCUT2D eigenvalue weighted by molar-refractivity contribution is -0.122. The van der Waals surface area contributed by atoms with Crippen LogP contribution in [0.5, 0.6) is 0 Å². The molecule has 2 aromatic rings. The van der Waals surface area contributed by atoms with Crippen LogP contribution >= 0.6 is 11.3 Å². The summed E-state index contributed by atoms with van der Waals surface area (Å²) in [4.78, 5) is 13.5. The molecule has 0 aliphatic heterocycles. The second-order valence-electron chi connectivity index (χ2n) is 6.22. The van der Waals surface area contributed by atoms with Crippen molar-refractivity contribution in [3.05, 3.63) is 33.8 Å². The number of likely N-dealkylation sites (N-methyl/N-ethyl adjacent to an activating group) is 1. The highest BCUT2D eigenvalue weighted by Crippen LogP contribution is 2.26. The molecule has 2 aromatic heterocycles. The third kappa shape index (κ3) is 4.28. The number of nitrogens with one attached hydrogen (secondary N) is 1. The maximum Gasteiger partial charge on any atom is 0.248 e. The van der Waals surface area contributed by atoms with E-state index in [1.54, 1.807) is 18.3 Å². The van der Waals surface area contributed by atoms with Crippen LogP contribution in [0.1, 0.15) is 36.2 Å². The number of carbonyl (C=O) groups excluding carboxylic acids is 1. The Kier molecular flexibility index (Phi) is 6.02. The monoisotopic (exact) mass is 385 g/mol. The quantitative estimate of drug-likeness (QED) is 0.790. The van der Waals surface area contributed by atoms with Crippen LogP contribution in [-0.4, -0.2) is 37.4 Å². The molecular weight excluding hydrogens is 362 g/mol. The van der Waals surface area contributed by atoms with E-state index in [-0.39, 0.29) is 40.8 Å². The molecule has 9 heteroatoms. The number of rotatable bonds is 7. The third-order valence-electron chi connectivity index (χ3n) is 3.84. The van der Waals surface area contributed by atoms with Gasteiger partial charge >= 0.3 is 0 Å². The fraction of sp³-hybridized carbons (Fsp3) is 0.500. The minimum Gasteiger partial charge on any atom is -0.360 e. The molecule has 0 aliphatic carbocycles. The van der Waals surface area contributed by atoms with E-state index in [4.69, 9.17) is 4.52 Å². The first-order valence-electron chi connectivity index (χ1n) is 7.86. The SMILES string of the molecule is Cc1noc(C)c1S(=O)(=O)N(C)CC(=O)N[C@@H](c1cccs1)C(C)C. The van der Waals surface area contributed by atoms with Gasteiger partial charge in [0.05, 0.1) is 12.6 Å². The van der Waals surface area contributed by atoms with E-state index in [1.807, 2.05) is 31.4 Å². The number of amides is 1. The summed E-state index contributed by atoms with van der Waals surface area (Å²) in [6, 6.07) is 3.73. The maximum absolute atomic E-state index is 12.7. The fourth-order valence-corrected chi connectivity index (χ4v) is 4.90. The van der Waals surface area contributed by atoms with Crippen LogP contribution in [0.4, 0.5) is 0 Å². The summed E-state index contributed by atoms with van der Waals surface area (Å²) in [5, 5.41) is 8.54. The van der Waals surface area contributed by atoms with E-state index in [2.05, 4.69) is 10.5 Å². The molecule has 0 radical (unpaired) electrons. The van der Waals surface area contributed by atoms with Crippen molar-refractivity contribution < 1.29 is 17.7 Å². The molecule has 1 atom stereocenters. The molecule has 0 saturated heterocycles. The standard InChI is InChI=1S/C16H23N3O4S2/c1-10(2)15(13-7-6-8-24-13)17-14(20)9-19(5)25(21,22)16-11(3)18-23-12(16)4/h6-8,10,15H,9H2,1-5H3,(H,17,20)/t15-/m1/s1. The molecule has 0 fully saturated rings. The van der Waals surface area contributed by atoms with E-state index in [1.165, 1.54) is 14.0 Å². The zero-order valence-corrected chi connectivity index (χ0v) is 16.6. The van der Waals surface area contributed by atoms with E-state index in [0.717, 1.165) is 9.18 Å². The Morgan fingerprint density at radius 1 is 1.40 bits per heavy atom. The summed E-state index contributed by atoms with van der Waals surface area (Å²) in [6.07, 6.45) is 0. The molecule has 1 N–H and O–H groups in total. The second-order valence-corrected chi connectivity index (χ2v) is 9.18. The van der Waals surface area contributed by atoms with Gasteiger partial charge in [0.1, 0.15) is 10.6 Å². The van der Waals surface area contributed by atoms with E-state index >= 15 is 0 Å². The van der Waals surface area contributed by atoms with Crippen molar-refractivity contribution in [2.75, 3.05) is 13.6 Å². The van der Waals surface area contributed by atoms with Crippen LogP contribution in [0.2, 0.25) is 0 Å². The predicted molar refractivity (Wildman–Crippen MR) is 95.8 cm³/mol. The van der Waals surface area contributed by atoms with E-state index < -0.39 is 10.0 Å². The van der Waals surface area contributed by atoms with Crippen molar-refractivity contribution in [3.63, 3.8) is 0 Å². The summed E-state index contributed by atoms with van der Waals surface area (Å²) in [5.74, 6) is 0.0420. The Bertz CT molecular complexity index is 806. The average Bonchev–Trinajstić information content (AvgIpc) is 3.14. The van der Waals surface area contributed by atoms with Crippen LogP contribution in [0.3, 0.4) is 0 Å². The van der Waals surface area contributed by atoms with Gasteiger partial charge in [0, 0.05) is 11.9 Å². The molecule has 1 amide bonds. The summed E-state index contributed by atoms with van der Waals surface area (Å²) in [6.45, 7) is 6.83. The first-order chi connectivity index (χ1) is 11.6. The summed E-state index contributed by atoms with van der Waals surface area (Å²) in [7, 11) is -2.47. The summed E-state index contributed by atoms with van der Waals surface area (Å²) < 4.78 is 31.3. The molecule has 2 rings (SSSR count). The largest absolute Gasteiger partial charge is 0.360 e. The van der Waals surface area contributed by atoms with Gasteiger partial charge in [-0.05, 0) is 31.2 Å². The summed E-state index contributed by atoms with van der Waals surface area (Å²) in [5.41, 5.74) is 0.281. The summed E-state index contributed by atoms with van der Waals surface area (Å²) >= 11 is 1.56. The maximum atomic E-state index is 12.7. The first kappa shape index (κ1) is 19.6. The number of hydrogen-bond acceptors (Lipinski definition) is 6. The van der Waals surface area contributed by atoms with E-state index in [9.17, 15) is 13.2 Å². The predicted octanol–water partition coefficient (Wildman–Crippen LogP) is 2.49.